The maximum Gasteiger partial charge on any atom is 0.341 e. The van der Waals surface area contributed by atoms with E-state index in [0.717, 1.165) is 32.4 Å². The zero-order valence-corrected chi connectivity index (χ0v) is 12.0. The van der Waals surface area contributed by atoms with Crippen LogP contribution in [0.25, 0.3) is 11.4 Å². The van der Waals surface area contributed by atoms with Gasteiger partial charge in [0.05, 0.1) is 5.56 Å². The van der Waals surface area contributed by atoms with Crippen LogP contribution in [0.5, 0.6) is 0 Å². The molecule has 0 bridgehead atoms. The highest BCUT2D eigenvalue weighted by Gasteiger charge is 2.22. The smallest absolute Gasteiger partial charge is 0.341 e. The molecule has 6 heteroatoms. The van der Waals surface area contributed by atoms with Crippen LogP contribution < -0.4 is 4.90 Å². The van der Waals surface area contributed by atoms with E-state index in [1.54, 1.807) is 18.2 Å². The minimum absolute atomic E-state index is 0.0574. The summed E-state index contributed by atoms with van der Waals surface area (Å²) in [5, 5.41) is 9.33. The Morgan fingerprint density at radius 3 is 2.59 bits per heavy atom. The number of aromatic carboxylic acids is 1. The molecule has 0 spiro atoms. The van der Waals surface area contributed by atoms with E-state index in [-0.39, 0.29) is 17.0 Å². The largest absolute Gasteiger partial charge is 0.477 e. The van der Waals surface area contributed by atoms with Crippen molar-refractivity contribution in [2.75, 3.05) is 18.0 Å². The van der Waals surface area contributed by atoms with Gasteiger partial charge in [-0.3, -0.25) is 0 Å². The van der Waals surface area contributed by atoms with E-state index in [4.69, 9.17) is 0 Å². The van der Waals surface area contributed by atoms with E-state index in [1.807, 2.05) is 4.90 Å². The third-order valence-electron chi connectivity index (χ3n) is 3.77. The van der Waals surface area contributed by atoms with Crippen molar-refractivity contribution in [3.63, 3.8) is 0 Å². The van der Waals surface area contributed by atoms with Crippen LogP contribution >= 0.6 is 0 Å². The van der Waals surface area contributed by atoms with Gasteiger partial charge in [0.2, 0.25) is 0 Å². The standard InChI is InChI=1S/C16H16FN3O2/c17-13-7-3-2-6-11(13)14-18-10-12(16(21)22)15(19-14)20-8-4-1-5-9-20/h2-3,6-7,10H,1,4-5,8-9H2,(H,21,22). The molecule has 1 aliphatic heterocycles. The second kappa shape index (κ2) is 6.09. The first-order valence-electron chi connectivity index (χ1n) is 7.27. The molecule has 1 N–H and O–H groups in total. The Labute approximate surface area is 127 Å². The molecule has 114 valence electrons. The molecule has 1 aromatic heterocycles. The molecule has 1 fully saturated rings. The first-order valence-corrected chi connectivity index (χ1v) is 7.27. The van der Waals surface area contributed by atoms with Crippen molar-refractivity contribution in [1.29, 1.82) is 0 Å². The average molecular weight is 301 g/mol. The van der Waals surface area contributed by atoms with Gasteiger partial charge in [0.25, 0.3) is 0 Å². The summed E-state index contributed by atoms with van der Waals surface area (Å²) in [7, 11) is 0. The summed E-state index contributed by atoms with van der Waals surface area (Å²) >= 11 is 0. The fourth-order valence-corrected chi connectivity index (χ4v) is 2.64. The molecule has 0 atom stereocenters. The van der Waals surface area contributed by atoms with E-state index in [0.29, 0.717) is 5.82 Å². The molecule has 5 nitrogen and oxygen atoms in total. The van der Waals surface area contributed by atoms with Crippen LogP contribution in [0.2, 0.25) is 0 Å². The minimum Gasteiger partial charge on any atom is -0.477 e. The Morgan fingerprint density at radius 2 is 1.91 bits per heavy atom. The van der Waals surface area contributed by atoms with Gasteiger partial charge in [0.1, 0.15) is 17.2 Å². The average Bonchev–Trinajstić information content (AvgIpc) is 2.55. The zero-order chi connectivity index (χ0) is 15.5. The van der Waals surface area contributed by atoms with Gasteiger partial charge in [0, 0.05) is 19.3 Å². The summed E-state index contributed by atoms with van der Waals surface area (Å²) in [5.41, 5.74) is 0.333. The van der Waals surface area contributed by atoms with Crippen LogP contribution in [0.3, 0.4) is 0 Å². The van der Waals surface area contributed by atoms with Crippen molar-refractivity contribution >= 4 is 11.8 Å². The fraction of sp³-hybridized carbons (Fsp3) is 0.312. The molecule has 1 aliphatic rings. The molecule has 3 rings (SSSR count). The van der Waals surface area contributed by atoms with Gasteiger partial charge in [-0.2, -0.15) is 0 Å². The lowest BCUT2D eigenvalue weighted by Gasteiger charge is -2.28. The molecule has 1 aromatic carbocycles. The summed E-state index contributed by atoms with van der Waals surface area (Å²) in [5.74, 6) is -0.903. The van der Waals surface area contributed by atoms with Crippen molar-refractivity contribution < 1.29 is 14.3 Å². The number of hydrogen-bond donors (Lipinski definition) is 1. The summed E-state index contributed by atoms with van der Waals surface area (Å²) in [6.07, 6.45) is 4.39. The predicted molar refractivity (Wildman–Crippen MR) is 80.4 cm³/mol. The van der Waals surface area contributed by atoms with Gasteiger partial charge in [-0.25, -0.2) is 19.2 Å². The van der Waals surface area contributed by atoms with E-state index in [1.165, 1.54) is 12.3 Å². The summed E-state index contributed by atoms with van der Waals surface area (Å²) in [4.78, 5) is 21.7. The molecule has 2 heterocycles. The van der Waals surface area contributed by atoms with E-state index >= 15 is 0 Å². The molecule has 0 unspecified atom stereocenters. The number of carbonyl (C=O) groups is 1. The number of carboxylic acids is 1. The Kier molecular flexibility index (Phi) is 4.00. The molecule has 0 aliphatic carbocycles. The third kappa shape index (κ3) is 2.77. The lowest BCUT2D eigenvalue weighted by Crippen LogP contribution is -2.32. The topological polar surface area (TPSA) is 66.3 Å². The Bertz CT molecular complexity index is 700. The third-order valence-corrected chi connectivity index (χ3v) is 3.77. The molecule has 0 amide bonds. The lowest BCUT2D eigenvalue weighted by atomic mass is 10.1. The van der Waals surface area contributed by atoms with Gasteiger partial charge < -0.3 is 10.0 Å². The Morgan fingerprint density at radius 1 is 1.18 bits per heavy atom. The van der Waals surface area contributed by atoms with Gasteiger partial charge in [-0.05, 0) is 31.4 Å². The molecule has 2 aromatic rings. The highest BCUT2D eigenvalue weighted by molar-refractivity contribution is 5.93. The summed E-state index contributed by atoms with van der Waals surface area (Å²) < 4.78 is 13.9. The van der Waals surface area contributed by atoms with Crippen LogP contribution in [0.1, 0.15) is 29.6 Å². The molecule has 0 saturated carbocycles. The predicted octanol–water partition coefficient (Wildman–Crippen LogP) is 2.97. The highest BCUT2D eigenvalue weighted by atomic mass is 19.1. The van der Waals surface area contributed by atoms with Crippen molar-refractivity contribution in [2.24, 2.45) is 0 Å². The Balaban J connectivity index is 2.07. The lowest BCUT2D eigenvalue weighted by molar-refractivity contribution is 0.0696. The second-order valence-electron chi connectivity index (χ2n) is 5.26. The maximum atomic E-state index is 13.9. The number of aromatic nitrogens is 2. The Hall–Kier alpha value is -2.50. The second-order valence-corrected chi connectivity index (χ2v) is 5.26. The number of rotatable bonds is 3. The van der Waals surface area contributed by atoms with Gasteiger partial charge in [0.15, 0.2) is 5.82 Å². The number of hydrogen-bond acceptors (Lipinski definition) is 4. The number of carboxylic acid groups (broad SMARTS) is 1. The summed E-state index contributed by atoms with van der Waals surface area (Å²) in [6.45, 7) is 1.52. The van der Waals surface area contributed by atoms with E-state index in [9.17, 15) is 14.3 Å². The maximum absolute atomic E-state index is 13.9. The van der Waals surface area contributed by atoms with Crippen LogP contribution in [-0.2, 0) is 0 Å². The number of piperidine rings is 1. The highest BCUT2D eigenvalue weighted by Crippen LogP contribution is 2.26. The molecular formula is C16H16FN3O2. The van der Waals surface area contributed by atoms with Crippen LogP contribution in [-0.4, -0.2) is 34.1 Å². The first-order chi connectivity index (χ1) is 10.7. The molecule has 22 heavy (non-hydrogen) atoms. The number of halogens is 1. The molecule has 0 radical (unpaired) electrons. The van der Waals surface area contributed by atoms with Crippen molar-refractivity contribution in [1.82, 2.24) is 9.97 Å². The van der Waals surface area contributed by atoms with Crippen LogP contribution in [0.4, 0.5) is 10.2 Å². The zero-order valence-electron chi connectivity index (χ0n) is 12.0. The van der Waals surface area contributed by atoms with Crippen molar-refractivity contribution in [3.05, 3.63) is 41.8 Å². The number of benzene rings is 1. The number of anilines is 1. The SMILES string of the molecule is O=C(O)c1cnc(-c2ccccc2F)nc1N1CCCCC1. The quantitative estimate of drug-likeness (QED) is 0.944. The van der Waals surface area contributed by atoms with Crippen LogP contribution in [0, 0.1) is 5.82 Å². The minimum atomic E-state index is -1.07. The first kappa shape index (κ1) is 14.4. The normalized spacial score (nSPS) is 14.9. The van der Waals surface area contributed by atoms with E-state index in [2.05, 4.69) is 9.97 Å². The van der Waals surface area contributed by atoms with Crippen molar-refractivity contribution in [2.45, 2.75) is 19.3 Å². The monoisotopic (exact) mass is 301 g/mol. The fourth-order valence-electron chi connectivity index (χ4n) is 2.64. The molecular weight excluding hydrogens is 285 g/mol. The van der Waals surface area contributed by atoms with Crippen molar-refractivity contribution in [3.8, 4) is 11.4 Å². The number of nitrogens with zero attached hydrogens (tertiary/aromatic N) is 3. The van der Waals surface area contributed by atoms with Gasteiger partial charge in [-0.1, -0.05) is 12.1 Å². The van der Waals surface area contributed by atoms with Gasteiger partial charge >= 0.3 is 5.97 Å². The summed E-state index contributed by atoms with van der Waals surface area (Å²) in [6, 6.07) is 6.22. The van der Waals surface area contributed by atoms with E-state index < -0.39 is 11.8 Å². The van der Waals surface area contributed by atoms with Crippen LogP contribution in [0.15, 0.2) is 30.5 Å². The van der Waals surface area contributed by atoms with Gasteiger partial charge in [-0.15, -0.1) is 0 Å². The molecule has 1 saturated heterocycles.